The highest BCUT2D eigenvalue weighted by atomic mass is 35.5. The summed E-state index contributed by atoms with van der Waals surface area (Å²) in [5.74, 6) is 6.63. The molecule has 108 valence electrons. The van der Waals surface area contributed by atoms with Crippen molar-refractivity contribution in [1.82, 2.24) is 14.1 Å². The molecule has 0 aliphatic heterocycles. The zero-order chi connectivity index (χ0) is 15.3. The van der Waals surface area contributed by atoms with Gasteiger partial charge in [0.15, 0.2) is 5.65 Å². The second kappa shape index (κ2) is 4.61. The molecule has 0 saturated carbocycles. The highest BCUT2D eigenvalue weighted by Crippen LogP contribution is 2.24. The minimum Gasteiger partial charge on any atom is -0.334 e. The van der Waals surface area contributed by atoms with Gasteiger partial charge in [-0.3, -0.25) is 9.20 Å². The summed E-state index contributed by atoms with van der Waals surface area (Å²) in [6, 6.07) is 14.7. The standard InChI is InChI=1S/C16H11ClN4O/c17-11-7-5-10(6-8-11)15-19-9-14-20(15)13-4-2-1-3-12(13)16(22)21(14)18/h1-9H,18H2. The lowest BCUT2D eigenvalue weighted by Gasteiger charge is -2.09. The Bertz CT molecular complexity index is 1060. The maximum Gasteiger partial charge on any atom is 0.279 e. The summed E-state index contributed by atoms with van der Waals surface area (Å²) in [5, 5.41) is 1.20. The molecule has 0 spiro atoms. The first-order valence-electron chi connectivity index (χ1n) is 6.69. The van der Waals surface area contributed by atoms with E-state index in [1.54, 1.807) is 24.4 Å². The fourth-order valence-corrected chi connectivity index (χ4v) is 2.76. The Kier molecular flexibility index (Phi) is 2.71. The van der Waals surface area contributed by atoms with E-state index in [9.17, 15) is 4.79 Å². The minimum absolute atomic E-state index is 0.245. The maximum atomic E-state index is 12.3. The molecule has 2 aromatic carbocycles. The van der Waals surface area contributed by atoms with Crippen LogP contribution in [0.4, 0.5) is 0 Å². The predicted octanol–water partition coefficient (Wildman–Crippen LogP) is 2.68. The molecule has 0 fully saturated rings. The van der Waals surface area contributed by atoms with Crippen LogP contribution in [0.15, 0.2) is 59.5 Å². The second-order valence-electron chi connectivity index (χ2n) is 4.97. The van der Waals surface area contributed by atoms with Crippen molar-refractivity contribution in [3.05, 3.63) is 70.1 Å². The number of imidazole rings is 1. The third-order valence-corrected chi connectivity index (χ3v) is 3.94. The predicted molar refractivity (Wildman–Crippen MR) is 87.6 cm³/mol. The monoisotopic (exact) mass is 310 g/mol. The topological polar surface area (TPSA) is 65.3 Å². The minimum atomic E-state index is -0.245. The van der Waals surface area contributed by atoms with E-state index in [0.717, 1.165) is 15.8 Å². The Morgan fingerprint density at radius 1 is 1.05 bits per heavy atom. The van der Waals surface area contributed by atoms with Gasteiger partial charge in [0.25, 0.3) is 5.56 Å². The molecule has 0 atom stereocenters. The van der Waals surface area contributed by atoms with Gasteiger partial charge in [-0.15, -0.1) is 0 Å². The molecule has 0 bridgehead atoms. The highest BCUT2D eigenvalue weighted by molar-refractivity contribution is 6.30. The van der Waals surface area contributed by atoms with E-state index >= 15 is 0 Å². The first-order chi connectivity index (χ1) is 10.7. The number of para-hydroxylation sites is 1. The zero-order valence-electron chi connectivity index (χ0n) is 11.4. The van der Waals surface area contributed by atoms with Crippen LogP contribution in [-0.4, -0.2) is 14.1 Å². The van der Waals surface area contributed by atoms with Crippen molar-refractivity contribution in [2.24, 2.45) is 0 Å². The quantitative estimate of drug-likeness (QED) is 0.550. The van der Waals surface area contributed by atoms with Gasteiger partial charge in [-0.05, 0) is 36.4 Å². The number of nitrogens with two attached hydrogens (primary N) is 1. The Morgan fingerprint density at radius 3 is 2.55 bits per heavy atom. The third-order valence-electron chi connectivity index (χ3n) is 3.69. The lowest BCUT2D eigenvalue weighted by molar-refractivity contribution is 0.955. The Hall–Kier alpha value is -2.79. The van der Waals surface area contributed by atoms with E-state index in [2.05, 4.69) is 4.98 Å². The van der Waals surface area contributed by atoms with Gasteiger partial charge in [-0.1, -0.05) is 23.7 Å². The number of hydrogen-bond acceptors (Lipinski definition) is 3. The molecule has 0 aliphatic carbocycles. The molecule has 0 saturated heterocycles. The molecule has 2 heterocycles. The van der Waals surface area contributed by atoms with Gasteiger partial charge >= 0.3 is 0 Å². The van der Waals surface area contributed by atoms with Crippen LogP contribution in [0.25, 0.3) is 27.9 Å². The first-order valence-corrected chi connectivity index (χ1v) is 7.07. The smallest absolute Gasteiger partial charge is 0.279 e. The molecule has 0 amide bonds. The summed E-state index contributed by atoms with van der Waals surface area (Å²) in [4.78, 5) is 16.7. The molecular formula is C16H11ClN4O. The van der Waals surface area contributed by atoms with E-state index < -0.39 is 0 Å². The molecule has 0 radical (unpaired) electrons. The van der Waals surface area contributed by atoms with E-state index in [1.807, 2.05) is 34.7 Å². The van der Waals surface area contributed by atoms with Crippen LogP contribution in [0.5, 0.6) is 0 Å². The van der Waals surface area contributed by atoms with Crippen molar-refractivity contribution in [1.29, 1.82) is 0 Å². The van der Waals surface area contributed by atoms with Crippen molar-refractivity contribution < 1.29 is 0 Å². The van der Waals surface area contributed by atoms with Gasteiger partial charge in [-0.25, -0.2) is 9.66 Å². The highest BCUT2D eigenvalue weighted by Gasteiger charge is 2.14. The number of nitrogens with zero attached hydrogens (tertiary/aromatic N) is 3. The van der Waals surface area contributed by atoms with Crippen LogP contribution in [0.1, 0.15) is 0 Å². The Balaban J connectivity index is 2.18. The maximum absolute atomic E-state index is 12.3. The number of rotatable bonds is 1. The van der Waals surface area contributed by atoms with Crippen molar-refractivity contribution in [3.63, 3.8) is 0 Å². The molecule has 2 aromatic heterocycles. The van der Waals surface area contributed by atoms with Crippen LogP contribution in [0, 0.1) is 0 Å². The van der Waals surface area contributed by atoms with E-state index in [1.165, 1.54) is 0 Å². The average Bonchev–Trinajstić information content (AvgIpc) is 2.98. The molecule has 6 heteroatoms. The molecule has 4 aromatic rings. The van der Waals surface area contributed by atoms with Crippen LogP contribution in [0.3, 0.4) is 0 Å². The summed E-state index contributed by atoms with van der Waals surface area (Å²) < 4.78 is 2.99. The van der Waals surface area contributed by atoms with Crippen molar-refractivity contribution in [3.8, 4) is 11.4 Å². The molecule has 0 aliphatic rings. The van der Waals surface area contributed by atoms with Gasteiger partial charge in [-0.2, -0.15) is 0 Å². The van der Waals surface area contributed by atoms with Crippen LogP contribution in [0.2, 0.25) is 5.02 Å². The molecular weight excluding hydrogens is 300 g/mol. The van der Waals surface area contributed by atoms with Gasteiger partial charge in [0, 0.05) is 10.6 Å². The fraction of sp³-hybridized carbons (Fsp3) is 0. The van der Waals surface area contributed by atoms with Gasteiger partial charge < -0.3 is 5.84 Å². The summed E-state index contributed by atoms with van der Waals surface area (Å²) in [6.45, 7) is 0. The number of aromatic nitrogens is 3. The molecule has 4 rings (SSSR count). The summed E-state index contributed by atoms with van der Waals surface area (Å²) in [6.07, 6.45) is 1.60. The van der Waals surface area contributed by atoms with Crippen molar-refractivity contribution in [2.45, 2.75) is 0 Å². The van der Waals surface area contributed by atoms with Gasteiger partial charge in [0.1, 0.15) is 5.82 Å². The molecule has 5 nitrogen and oxygen atoms in total. The number of nitrogen functional groups attached to an aromatic ring is 1. The number of benzene rings is 2. The fourth-order valence-electron chi connectivity index (χ4n) is 2.64. The van der Waals surface area contributed by atoms with E-state index in [0.29, 0.717) is 21.9 Å². The van der Waals surface area contributed by atoms with Gasteiger partial charge in [0.05, 0.1) is 17.1 Å². The molecule has 0 unspecified atom stereocenters. The largest absolute Gasteiger partial charge is 0.334 e. The number of fused-ring (bicyclic) bond motifs is 3. The lowest BCUT2D eigenvalue weighted by atomic mass is 10.2. The SMILES string of the molecule is Nn1c(=O)c2ccccc2n2c(-c3ccc(Cl)cc3)ncc12. The zero-order valence-corrected chi connectivity index (χ0v) is 12.2. The van der Waals surface area contributed by atoms with E-state index in [-0.39, 0.29) is 5.56 Å². The molecule has 22 heavy (non-hydrogen) atoms. The Morgan fingerprint density at radius 2 is 1.77 bits per heavy atom. The molecule has 2 N–H and O–H groups in total. The van der Waals surface area contributed by atoms with Crippen LogP contribution < -0.4 is 11.4 Å². The van der Waals surface area contributed by atoms with Crippen molar-refractivity contribution >= 4 is 28.2 Å². The van der Waals surface area contributed by atoms with Crippen LogP contribution >= 0.6 is 11.6 Å². The Labute approximate surface area is 130 Å². The van der Waals surface area contributed by atoms with Crippen LogP contribution in [-0.2, 0) is 0 Å². The summed E-state index contributed by atoms with van der Waals surface area (Å²) in [5.41, 5.74) is 1.96. The third kappa shape index (κ3) is 1.72. The summed E-state index contributed by atoms with van der Waals surface area (Å²) >= 11 is 5.94. The second-order valence-corrected chi connectivity index (χ2v) is 5.41. The summed E-state index contributed by atoms with van der Waals surface area (Å²) in [7, 11) is 0. The number of hydrogen-bond donors (Lipinski definition) is 1. The number of halogens is 1. The first kappa shape index (κ1) is 12.9. The van der Waals surface area contributed by atoms with Crippen molar-refractivity contribution in [2.75, 3.05) is 5.84 Å². The lowest BCUT2D eigenvalue weighted by Crippen LogP contribution is -2.29. The van der Waals surface area contributed by atoms with E-state index in [4.69, 9.17) is 17.4 Å². The average molecular weight is 311 g/mol. The van der Waals surface area contributed by atoms with Gasteiger partial charge in [0.2, 0.25) is 0 Å². The normalized spacial score (nSPS) is 11.3.